The van der Waals surface area contributed by atoms with Gasteiger partial charge in [0.15, 0.2) is 0 Å². The minimum absolute atomic E-state index is 0.124. The van der Waals surface area contributed by atoms with Crippen LogP contribution in [0.5, 0.6) is 0 Å². The molecule has 92 valence electrons. The fourth-order valence-electron chi connectivity index (χ4n) is 1.01. The van der Waals surface area contributed by atoms with Crippen molar-refractivity contribution in [2.75, 3.05) is 30.9 Å². The number of rotatable bonds is 9. The highest BCUT2D eigenvalue weighted by molar-refractivity contribution is 7.89. The van der Waals surface area contributed by atoms with Gasteiger partial charge in [-0.05, 0) is 25.8 Å². The van der Waals surface area contributed by atoms with Gasteiger partial charge in [-0.25, -0.2) is 13.1 Å². The molecule has 0 radical (unpaired) electrons. The largest absolute Gasteiger partial charge is 0.330 e. The van der Waals surface area contributed by atoms with Crippen molar-refractivity contribution in [3.8, 4) is 0 Å². The molecule has 0 rings (SSSR count). The molecule has 0 fully saturated rings. The lowest BCUT2D eigenvalue weighted by molar-refractivity contribution is 0.576. The lowest BCUT2D eigenvalue weighted by Gasteiger charge is -2.05. The van der Waals surface area contributed by atoms with Crippen LogP contribution in [0.15, 0.2) is 0 Å². The summed E-state index contributed by atoms with van der Waals surface area (Å²) in [5, 5.41) is 0. The Kier molecular flexibility index (Phi) is 8.22. The highest BCUT2D eigenvalue weighted by atomic mass is 32.2. The maximum atomic E-state index is 11.3. The minimum atomic E-state index is -3.16. The van der Waals surface area contributed by atoms with E-state index in [-0.39, 0.29) is 5.75 Å². The van der Waals surface area contributed by atoms with Crippen LogP contribution in [0.1, 0.15) is 19.3 Å². The summed E-state index contributed by atoms with van der Waals surface area (Å²) in [6.45, 7) is 0.884. The van der Waals surface area contributed by atoms with Crippen LogP contribution in [0.3, 0.4) is 0 Å². The molecule has 7 heteroatoms. The molecule has 3 N–H and O–H groups in total. The summed E-state index contributed by atoms with van der Waals surface area (Å²) in [7, 11) is -4.01. The molecule has 0 bridgehead atoms. The number of nitrogens with one attached hydrogen (secondary N) is 1. The van der Waals surface area contributed by atoms with Gasteiger partial charge in [0.2, 0.25) is 10.0 Å². The number of hydrogen-bond acceptors (Lipinski definition) is 4. The minimum Gasteiger partial charge on any atom is -0.330 e. The molecule has 1 atom stereocenters. The summed E-state index contributed by atoms with van der Waals surface area (Å²) in [6, 6.07) is 0. The van der Waals surface area contributed by atoms with Crippen molar-refractivity contribution in [3.05, 3.63) is 0 Å². The fraction of sp³-hybridized carbons (Fsp3) is 1.00. The quantitative estimate of drug-likeness (QED) is 0.540. The highest BCUT2D eigenvalue weighted by Crippen LogP contribution is 1.93. The van der Waals surface area contributed by atoms with Crippen LogP contribution in [0, 0.1) is 0 Å². The molecule has 0 aliphatic carbocycles. The van der Waals surface area contributed by atoms with Gasteiger partial charge in [-0.15, -0.1) is 0 Å². The summed E-state index contributed by atoms with van der Waals surface area (Å²) in [6.07, 6.45) is 3.53. The lowest BCUT2D eigenvalue weighted by atomic mass is 10.3. The fourth-order valence-corrected chi connectivity index (χ4v) is 2.75. The second kappa shape index (κ2) is 8.20. The van der Waals surface area contributed by atoms with E-state index >= 15 is 0 Å². The molecule has 0 spiro atoms. The Bertz CT molecular complexity index is 278. The molecule has 0 saturated carbocycles. The molecule has 0 aliphatic rings. The normalized spacial score (nSPS) is 14.0. The number of nitrogens with two attached hydrogens (primary N) is 1. The SMILES string of the molecule is CS(=O)CCCNS(=O)(=O)CCCCN. The van der Waals surface area contributed by atoms with Crippen LogP contribution in [-0.2, 0) is 20.8 Å². The number of sulfonamides is 1. The molecular weight excluding hydrogens is 236 g/mol. The molecule has 1 unspecified atom stereocenters. The Hall–Kier alpha value is 0.0200. The van der Waals surface area contributed by atoms with Crippen molar-refractivity contribution in [1.29, 1.82) is 0 Å². The second-order valence-corrected chi connectivity index (χ2v) is 6.82. The number of hydrogen-bond donors (Lipinski definition) is 2. The second-order valence-electron chi connectivity index (χ2n) is 3.34. The maximum Gasteiger partial charge on any atom is 0.211 e. The topological polar surface area (TPSA) is 89.3 Å². The van der Waals surface area contributed by atoms with Crippen LogP contribution in [0.4, 0.5) is 0 Å². The summed E-state index contributed by atoms with van der Waals surface area (Å²) in [5.41, 5.74) is 5.26. The molecule has 0 heterocycles. The van der Waals surface area contributed by atoms with Crippen LogP contribution >= 0.6 is 0 Å². The highest BCUT2D eigenvalue weighted by Gasteiger charge is 2.08. The molecule has 15 heavy (non-hydrogen) atoms. The first-order chi connectivity index (χ1) is 6.98. The molecule has 5 nitrogen and oxygen atoms in total. The van der Waals surface area contributed by atoms with E-state index < -0.39 is 20.8 Å². The van der Waals surface area contributed by atoms with Crippen LogP contribution in [0.25, 0.3) is 0 Å². The third-order valence-corrected chi connectivity index (χ3v) is 4.13. The van der Waals surface area contributed by atoms with Gasteiger partial charge in [-0.1, -0.05) is 0 Å². The first-order valence-corrected chi connectivity index (χ1v) is 8.33. The van der Waals surface area contributed by atoms with Crippen LogP contribution < -0.4 is 10.5 Å². The van der Waals surface area contributed by atoms with E-state index in [1.165, 1.54) is 0 Å². The Morgan fingerprint density at radius 2 is 1.93 bits per heavy atom. The van der Waals surface area contributed by atoms with Gasteiger partial charge in [0.25, 0.3) is 0 Å². The smallest absolute Gasteiger partial charge is 0.211 e. The van der Waals surface area contributed by atoms with E-state index in [1.54, 1.807) is 6.26 Å². The van der Waals surface area contributed by atoms with Crippen molar-refractivity contribution >= 4 is 20.8 Å². The monoisotopic (exact) mass is 256 g/mol. The standard InChI is InChI=1S/C8H20N2O3S2/c1-14(11)7-4-6-10-15(12,13)8-3-2-5-9/h10H,2-9H2,1H3. The predicted octanol–water partition coefficient (Wildman–Crippen LogP) is -0.587. The zero-order valence-electron chi connectivity index (χ0n) is 9.07. The third kappa shape index (κ3) is 10.3. The average molecular weight is 256 g/mol. The van der Waals surface area contributed by atoms with Crippen LogP contribution in [-0.4, -0.2) is 43.5 Å². The molecule has 0 aromatic carbocycles. The first kappa shape index (κ1) is 15.0. The molecule has 0 aliphatic heterocycles. The summed E-state index contributed by atoms with van der Waals surface area (Å²) in [5.74, 6) is 0.657. The Morgan fingerprint density at radius 3 is 2.47 bits per heavy atom. The molecule has 0 aromatic rings. The molecule has 0 amide bonds. The van der Waals surface area contributed by atoms with Crippen molar-refractivity contribution < 1.29 is 12.6 Å². The van der Waals surface area contributed by atoms with Gasteiger partial charge < -0.3 is 5.73 Å². The summed E-state index contributed by atoms with van der Waals surface area (Å²) < 4.78 is 35.8. The predicted molar refractivity (Wildman–Crippen MR) is 63.6 cm³/mol. The van der Waals surface area contributed by atoms with E-state index in [2.05, 4.69) is 4.72 Å². The van der Waals surface area contributed by atoms with Gasteiger partial charge >= 0.3 is 0 Å². The van der Waals surface area contributed by atoms with Crippen LogP contribution in [0.2, 0.25) is 0 Å². The molecular formula is C8H20N2O3S2. The van der Waals surface area contributed by atoms with Gasteiger partial charge in [0.1, 0.15) is 0 Å². The van der Waals surface area contributed by atoms with E-state index in [1.807, 2.05) is 0 Å². The van der Waals surface area contributed by atoms with Crippen molar-refractivity contribution in [2.24, 2.45) is 5.73 Å². The van der Waals surface area contributed by atoms with Gasteiger partial charge in [0, 0.05) is 29.4 Å². The van der Waals surface area contributed by atoms with Crippen molar-refractivity contribution in [1.82, 2.24) is 4.72 Å². The van der Waals surface area contributed by atoms with Crippen molar-refractivity contribution in [3.63, 3.8) is 0 Å². The van der Waals surface area contributed by atoms with E-state index in [4.69, 9.17) is 5.73 Å². The number of unbranched alkanes of at least 4 members (excludes halogenated alkanes) is 1. The van der Waals surface area contributed by atoms with Gasteiger partial charge in [0.05, 0.1) is 5.75 Å². The van der Waals surface area contributed by atoms with E-state index in [0.717, 1.165) is 6.42 Å². The summed E-state index contributed by atoms with van der Waals surface area (Å²) >= 11 is 0. The Balaban J connectivity index is 3.60. The third-order valence-electron chi connectivity index (χ3n) is 1.80. The molecule has 0 saturated heterocycles. The van der Waals surface area contributed by atoms with Crippen molar-refractivity contribution in [2.45, 2.75) is 19.3 Å². The van der Waals surface area contributed by atoms with Gasteiger partial charge in [-0.3, -0.25) is 4.21 Å². The van der Waals surface area contributed by atoms with E-state index in [0.29, 0.717) is 31.7 Å². The first-order valence-electron chi connectivity index (χ1n) is 4.95. The Labute approximate surface area is 94.3 Å². The lowest BCUT2D eigenvalue weighted by Crippen LogP contribution is -2.28. The maximum absolute atomic E-state index is 11.3. The van der Waals surface area contributed by atoms with Gasteiger partial charge in [-0.2, -0.15) is 0 Å². The zero-order valence-corrected chi connectivity index (χ0v) is 10.7. The van der Waals surface area contributed by atoms with E-state index in [9.17, 15) is 12.6 Å². The summed E-state index contributed by atoms with van der Waals surface area (Å²) in [4.78, 5) is 0. The Morgan fingerprint density at radius 1 is 1.27 bits per heavy atom. The zero-order chi connectivity index (χ0) is 11.7. The average Bonchev–Trinajstić information content (AvgIpc) is 2.13. The molecule has 0 aromatic heterocycles.